The number of hydrogen-bond donors (Lipinski definition) is 1. The minimum Gasteiger partial charge on any atom is -0.476 e. The normalized spacial score (nSPS) is 4.57. The van der Waals surface area contributed by atoms with Crippen LogP contribution in [0.3, 0.4) is 0 Å². The van der Waals surface area contributed by atoms with Crippen LogP contribution in [0.2, 0.25) is 0 Å². The minimum absolute atomic E-state index is 0. The Kier molecular flexibility index (Phi) is 21.0. The van der Waals surface area contributed by atoms with E-state index in [0.717, 1.165) is 0 Å². The van der Waals surface area contributed by atoms with Crippen LogP contribution in [-0.4, -0.2) is 31.3 Å². The molecule has 3 N–H and O–H groups in total. The van der Waals surface area contributed by atoms with Gasteiger partial charge in [0.05, 0.1) is 0 Å². The first-order valence-electron chi connectivity index (χ1n) is 0.952. The van der Waals surface area contributed by atoms with Crippen LogP contribution in [-0.2, 0) is 9.59 Å². The van der Waals surface area contributed by atoms with Crippen LogP contribution in [0.5, 0.6) is 0 Å². The zero-order chi connectivity index (χ0) is 4.28. The first-order valence-corrected chi connectivity index (χ1v) is 0.952. The summed E-state index contributed by atoms with van der Waals surface area (Å²) in [6.07, 6.45) is -0.167. The molecular formula is C2H4BO4. The highest BCUT2D eigenvalue weighted by Gasteiger charge is 1.80. The lowest BCUT2D eigenvalue weighted by atomic mass is 10.8. The van der Waals surface area contributed by atoms with E-state index in [-0.39, 0.29) is 20.2 Å². The van der Waals surface area contributed by atoms with E-state index < -0.39 is 5.97 Å². The molecule has 0 saturated heterocycles. The number of carboxylic acid groups (broad SMARTS) is 1. The Labute approximate surface area is 42.0 Å². The van der Waals surface area contributed by atoms with Gasteiger partial charge in [0.15, 0.2) is 0 Å². The van der Waals surface area contributed by atoms with Gasteiger partial charge in [-0.2, -0.15) is 0 Å². The van der Waals surface area contributed by atoms with Crippen LogP contribution in [0.15, 0.2) is 0 Å². The van der Waals surface area contributed by atoms with Crippen molar-refractivity contribution in [1.29, 1.82) is 0 Å². The molecule has 0 aliphatic heterocycles. The Balaban J connectivity index is -0.0000000800. The second-order valence-corrected chi connectivity index (χ2v) is 0.456. The second kappa shape index (κ2) is 8.94. The van der Waals surface area contributed by atoms with Crippen molar-refractivity contribution < 1.29 is 20.2 Å². The Morgan fingerprint density at radius 3 is 1.71 bits per heavy atom. The summed E-state index contributed by atoms with van der Waals surface area (Å²) in [5, 5.41) is 7.35. The summed E-state index contributed by atoms with van der Waals surface area (Å²) in [6, 6.07) is 0. The van der Waals surface area contributed by atoms with Gasteiger partial charge in [0.1, 0.15) is 0 Å². The number of carbonyl (C=O) groups is 2. The van der Waals surface area contributed by atoms with Crippen LogP contribution in [0.4, 0.5) is 0 Å². The third kappa shape index (κ3) is 38.1. The van der Waals surface area contributed by atoms with Gasteiger partial charge in [-0.05, 0) is 0 Å². The second-order valence-electron chi connectivity index (χ2n) is 0.456. The van der Waals surface area contributed by atoms with E-state index in [1.807, 2.05) is 0 Å². The third-order valence-electron chi connectivity index (χ3n) is 0.101. The molecule has 0 fully saturated rings. The molecule has 4 nitrogen and oxygen atoms in total. The highest BCUT2D eigenvalue weighted by molar-refractivity contribution is 6.19. The lowest BCUT2D eigenvalue weighted by molar-refractivity contribution is -0.143. The van der Waals surface area contributed by atoms with Crippen LogP contribution in [0.1, 0.15) is 0 Å². The number of carboxylic acids is 1. The summed E-state index contributed by atoms with van der Waals surface area (Å²) in [5.41, 5.74) is 0. The predicted molar refractivity (Wildman–Crippen MR) is 23.1 cm³/mol. The molecule has 0 rings (SSSR count). The molecule has 0 heterocycles. The fraction of sp³-hybridized carbons (Fsp3) is 0. The Morgan fingerprint density at radius 2 is 1.71 bits per heavy atom. The van der Waals surface area contributed by atoms with Gasteiger partial charge in [0.2, 0.25) is 6.29 Å². The third-order valence-corrected chi connectivity index (χ3v) is 0.101. The van der Waals surface area contributed by atoms with Crippen LogP contribution in [0.25, 0.3) is 0 Å². The van der Waals surface area contributed by atoms with Crippen LogP contribution >= 0.6 is 0 Å². The molecule has 0 aliphatic carbocycles. The number of aliphatic carboxylic acids is 1. The zero-order valence-corrected chi connectivity index (χ0v) is 3.42. The molecule has 0 spiro atoms. The van der Waals surface area contributed by atoms with E-state index >= 15 is 0 Å². The van der Waals surface area contributed by atoms with Crippen LogP contribution < -0.4 is 0 Å². The molecule has 0 saturated carbocycles. The molecule has 7 heavy (non-hydrogen) atoms. The zero-order valence-electron chi connectivity index (χ0n) is 3.42. The molecule has 0 aromatic heterocycles. The first kappa shape index (κ1) is 16.4. The number of carbonyl (C=O) groups excluding carboxylic acids is 1. The Bertz CT molecular complexity index is 60.7. The molecule has 0 aliphatic rings. The van der Waals surface area contributed by atoms with E-state index in [4.69, 9.17) is 14.7 Å². The van der Waals surface area contributed by atoms with Crippen molar-refractivity contribution in [3.05, 3.63) is 0 Å². The minimum atomic E-state index is -1.43. The van der Waals surface area contributed by atoms with Gasteiger partial charge in [-0.25, -0.2) is 4.79 Å². The summed E-state index contributed by atoms with van der Waals surface area (Å²) in [5.74, 6) is -1.43. The monoisotopic (exact) mass is 103 g/mol. The van der Waals surface area contributed by atoms with Crippen LogP contribution in [0, 0.1) is 0 Å². The summed E-state index contributed by atoms with van der Waals surface area (Å²) < 4.78 is 0. The predicted octanol–water partition coefficient (Wildman–Crippen LogP) is -1.94. The molecule has 0 unspecified atom stereocenters. The highest BCUT2D eigenvalue weighted by atomic mass is 16.4. The molecule has 0 amide bonds. The van der Waals surface area contributed by atoms with Crippen molar-refractivity contribution in [1.82, 2.24) is 0 Å². The van der Waals surface area contributed by atoms with E-state index in [1.165, 1.54) is 0 Å². The molecule has 5 heteroatoms. The van der Waals surface area contributed by atoms with Crippen molar-refractivity contribution in [3.63, 3.8) is 0 Å². The van der Waals surface area contributed by atoms with Gasteiger partial charge in [-0.3, -0.25) is 4.79 Å². The average molecular weight is 103 g/mol. The van der Waals surface area contributed by atoms with Gasteiger partial charge < -0.3 is 10.6 Å². The van der Waals surface area contributed by atoms with Crippen molar-refractivity contribution in [2.24, 2.45) is 0 Å². The van der Waals surface area contributed by atoms with E-state index in [2.05, 4.69) is 0 Å². The maximum atomic E-state index is 9.00. The number of rotatable bonds is 1. The molecule has 0 aromatic carbocycles. The van der Waals surface area contributed by atoms with Crippen molar-refractivity contribution in [3.8, 4) is 0 Å². The van der Waals surface area contributed by atoms with Gasteiger partial charge in [-0.1, -0.05) is 0 Å². The number of hydrogen-bond acceptors (Lipinski definition) is 2. The van der Waals surface area contributed by atoms with Gasteiger partial charge in [0.25, 0.3) is 0 Å². The number of aldehydes is 1. The summed E-state index contributed by atoms with van der Waals surface area (Å²) in [4.78, 5) is 17.9. The summed E-state index contributed by atoms with van der Waals surface area (Å²) in [6.45, 7) is 0. The fourth-order valence-corrected chi connectivity index (χ4v) is 0. The average Bonchev–Trinajstić information content (AvgIpc) is 1.38. The molecule has 39 valence electrons. The standard InChI is InChI=1S/C2H2O3.B.H2O/c3-1-2(4)5;;/h1H,(H,4,5);;1H2. The van der Waals surface area contributed by atoms with Gasteiger partial charge >= 0.3 is 5.97 Å². The topological polar surface area (TPSA) is 85.9 Å². The van der Waals surface area contributed by atoms with E-state index in [0.29, 0.717) is 0 Å². The van der Waals surface area contributed by atoms with Crippen molar-refractivity contribution in [2.75, 3.05) is 0 Å². The van der Waals surface area contributed by atoms with Gasteiger partial charge in [-0.15, -0.1) is 0 Å². The van der Waals surface area contributed by atoms with Crippen molar-refractivity contribution >= 4 is 20.7 Å². The van der Waals surface area contributed by atoms with E-state index in [1.54, 1.807) is 0 Å². The fourth-order valence-electron chi connectivity index (χ4n) is 0. The van der Waals surface area contributed by atoms with E-state index in [9.17, 15) is 0 Å². The lowest BCUT2D eigenvalue weighted by Crippen LogP contribution is -1.91. The molecule has 0 aromatic rings. The maximum absolute atomic E-state index is 9.00. The molecular weight excluding hydrogens is 98.8 g/mol. The summed E-state index contributed by atoms with van der Waals surface area (Å²) in [7, 11) is 0. The Hall–Kier alpha value is -0.835. The lowest BCUT2D eigenvalue weighted by Gasteiger charge is -1.59. The highest BCUT2D eigenvalue weighted by Crippen LogP contribution is 1.39. The Morgan fingerprint density at radius 1 is 1.57 bits per heavy atom. The maximum Gasteiger partial charge on any atom is 0.368 e. The largest absolute Gasteiger partial charge is 0.476 e. The SMILES string of the molecule is O.O=CC(=O)O.[B]. The molecule has 0 bridgehead atoms. The quantitative estimate of drug-likeness (QED) is 0.238. The first-order chi connectivity index (χ1) is 2.27. The smallest absolute Gasteiger partial charge is 0.368 e. The molecule has 3 radical (unpaired) electrons. The van der Waals surface area contributed by atoms with Gasteiger partial charge in [0, 0.05) is 8.41 Å². The molecule has 0 atom stereocenters. The van der Waals surface area contributed by atoms with Crippen molar-refractivity contribution in [2.45, 2.75) is 0 Å². The summed E-state index contributed by atoms with van der Waals surface area (Å²) >= 11 is 0.